The molecule has 2 N–H and O–H groups in total. The summed E-state index contributed by atoms with van der Waals surface area (Å²) < 4.78 is 1.56. The second kappa shape index (κ2) is 9.59. The molecule has 1 amide bonds. The highest BCUT2D eigenvalue weighted by Crippen LogP contribution is 2.40. The van der Waals surface area contributed by atoms with Crippen LogP contribution in [0.1, 0.15) is 44.9 Å². The number of anilines is 2. The number of para-hydroxylation sites is 2. The molecule has 38 heavy (non-hydrogen) atoms. The zero-order valence-electron chi connectivity index (χ0n) is 21.6. The number of nitrogens with one attached hydrogen (secondary N) is 2. The fourth-order valence-corrected chi connectivity index (χ4v) is 4.58. The molecule has 0 spiro atoms. The lowest BCUT2D eigenvalue weighted by Crippen LogP contribution is -2.31. The van der Waals surface area contributed by atoms with Crippen molar-refractivity contribution in [2.45, 2.75) is 39.2 Å². The van der Waals surface area contributed by atoms with E-state index in [2.05, 4.69) is 31.4 Å². The smallest absolute Gasteiger partial charge is 0.275 e. The number of carbonyl (C=O) groups is 1. The maximum Gasteiger partial charge on any atom is 0.275 e. The van der Waals surface area contributed by atoms with E-state index in [1.165, 1.54) is 11.6 Å². The van der Waals surface area contributed by atoms with E-state index in [-0.39, 0.29) is 17.0 Å². The summed E-state index contributed by atoms with van der Waals surface area (Å²) in [5.74, 6) is 0.465. The molecule has 5 rings (SSSR count). The van der Waals surface area contributed by atoms with Crippen molar-refractivity contribution < 1.29 is 9.72 Å². The Morgan fingerprint density at radius 2 is 1.66 bits per heavy atom. The highest BCUT2D eigenvalue weighted by molar-refractivity contribution is 6.06. The largest absolute Gasteiger partial charge is 0.328 e. The van der Waals surface area contributed by atoms with Crippen molar-refractivity contribution in [3.05, 3.63) is 111 Å². The lowest BCUT2D eigenvalue weighted by atomic mass is 9.87. The maximum absolute atomic E-state index is 13.6. The number of nitrogens with zero attached hydrogens (tertiary/aromatic N) is 4. The van der Waals surface area contributed by atoms with E-state index in [9.17, 15) is 14.9 Å². The molecule has 9 nitrogen and oxygen atoms in total. The molecule has 0 saturated carbocycles. The molecule has 1 aliphatic rings. The van der Waals surface area contributed by atoms with Crippen LogP contribution in [0.15, 0.2) is 90.1 Å². The number of nitro benzene ring substituents is 1. The third-order valence-electron chi connectivity index (χ3n) is 6.57. The summed E-state index contributed by atoms with van der Waals surface area (Å²) in [6.07, 6.45) is 0. The summed E-state index contributed by atoms with van der Waals surface area (Å²) in [7, 11) is 0. The molecule has 0 aliphatic carbocycles. The SMILES string of the molecule is CC1=C(C(=O)Nc2ccccc2)C(c2ccccc2[N+](=O)[O-])n2nc(-c3ccc(C(C)(C)C)cc3)nc2N1. The molecule has 0 bridgehead atoms. The van der Waals surface area contributed by atoms with E-state index in [0.717, 1.165) is 5.56 Å². The van der Waals surface area contributed by atoms with Crippen molar-refractivity contribution in [2.24, 2.45) is 0 Å². The van der Waals surface area contributed by atoms with E-state index < -0.39 is 11.0 Å². The molecule has 9 heteroatoms. The summed E-state index contributed by atoms with van der Waals surface area (Å²) in [5.41, 5.74) is 3.69. The fraction of sp³-hybridized carbons (Fsp3) is 0.207. The Hall–Kier alpha value is -4.79. The van der Waals surface area contributed by atoms with Gasteiger partial charge >= 0.3 is 0 Å². The first-order valence-electron chi connectivity index (χ1n) is 12.3. The number of allylic oxidation sites excluding steroid dienone is 1. The first-order valence-corrected chi connectivity index (χ1v) is 12.3. The number of hydrogen-bond acceptors (Lipinski definition) is 6. The van der Waals surface area contributed by atoms with Gasteiger partial charge in [-0.3, -0.25) is 14.9 Å². The molecule has 0 radical (unpaired) electrons. The number of nitro groups is 1. The van der Waals surface area contributed by atoms with E-state index in [1.54, 1.807) is 41.9 Å². The number of amides is 1. The Bertz CT molecular complexity index is 1550. The molecule has 4 aromatic rings. The highest BCUT2D eigenvalue weighted by Gasteiger charge is 2.37. The van der Waals surface area contributed by atoms with Crippen molar-refractivity contribution >= 4 is 23.2 Å². The van der Waals surface area contributed by atoms with Gasteiger partial charge in [-0.1, -0.05) is 75.4 Å². The fourth-order valence-electron chi connectivity index (χ4n) is 4.58. The van der Waals surface area contributed by atoms with Crippen LogP contribution in [0.3, 0.4) is 0 Å². The molecule has 1 unspecified atom stereocenters. The topological polar surface area (TPSA) is 115 Å². The van der Waals surface area contributed by atoms with Gasteiger partial charge in [0.2, 0.25) is 5.95 Å². The summed E-state index contributed by atoms with van der Waals surface area (Å²) in [4.78, 5) is 29.9. The predicted octanol–water partition coefficient (Wildman–Crippen LogP) is 6.08. The molecular formula is C29H28N6O3. The molecule has 0 fully saturated rings. The number of rotatable bonds is 5. The Kier molecular flexibility index (Phi) is 6.28. The van der Waals surface area contributed by atoms with Crippen LogP contribution in [-0.2, 0) is 10.2 Å². The van der Waals surface area contributed by atoms with Crippen molar-refractivity contribution in [3.8, 4) is 11.4 Å². The van der Waals surface area contributed by atoms with Crippen LogP contribution < -0.4 is 10.6 Å². The minimum atomic E-state index is -0.869. The van der Waals surface area contributed by atoms with Gasteiger partial charge in [0, 0.05) is 23.0 Å². The Balaban J connectivity index is 1.62. The molecule has 1 atom stereocenters. The number of fused-ring (bicyclic) bond motifs is 1. The van der Waals surface area contributed by atoms with E-state index in [4.69, 9.17) is 10.1 Å². The Morgan fingerprint density at radius 3 is 2.32 bits per heavy atom. The average Bonchev–Trinajstić information content (AvgIpc) is 3.31. The molecule has 3 aromatic carbocycles. The van der Waals surface area contributed by atoms with E-state index in [1.807, 2.05) is 42.5 Å². The van der Waals surface area contributed by atoms with Gasteiger partial charge < -0.3 is 10.6 Å². The minimum absolute atomic E-state index is 0.000337. The Morgan fingerprint density at radius 1 is 1.00 bits per heavy atom. The van der Waals surface area contributed by atoms with Crippen LogP contribution in [0.2, 0.25) is 0 Å². The van der Waals surface area contributed by atoms with Crippen LogP contribution >= 0.6 is 0 Å². The number of aromatic nitrogens is 3. The standard InChI is InChI=1S/C29H28N6O3/c1-18-24(27(36)31-21-10-6-5-7-11-21)25(22-12-8-9-13-23(22)35(37)38)34-28(30-18)32-26(33-34)19-14-16-20(17-15-19)29(2,3)4/h5-17,25H,1-4H3,(H,31,36)(H,30,32,33). The van der Waals surface area contributed by atoms with Gasteiger partial charge in [-0.2, -0.15) is 4.98 Å². The first-order chi connectivity index (χ1) is 18.1. The molecule has 192 valence electrons. The second-order valence-electron chi connectivity index (χ2n) is 10.2. The monoisotopic (exact) mass is 508 g/mol. The van der Waals surface area contributed by atoms with Crippen molar-refractivity contribution in [3.63, 3.8) is 0 Å². The normalized spacial score (nSPS) is 15.0. The van der Waals surface area contributed by atoms with Gasteiger partial charge in [0.1, 0.15) is 6.04 Å². The summed E-state index contributed by atoms with van der Waals surface area (Å²) in [6.45, 7) is 8.20. The maximum atomic E-state index is 13.6. The number of carbonyl (C=O) groups excluding carboxylic acids is 1. The zero-order valence-corrected chi connectivity index (χ0v) is 21.6. The molecule has 1 aliphatic heterocycles. The Labute approximate surface area is 220 Å². The van der Waals surface area contributed by atoms with E-state index >= 15 is 0 Å². The van der Waals surface area contributed by atoms with Gasteiger partial charge in [-0.25, -0.2) is 4.68 Å². The predicted molar refractivity (Wildman–Crippen MR) is 147 cm³/mol. The zero-order chi connectivity index (χ0) is 27.0. The molecule has 1 aromatic heterocycles. The molecule has 2 heterocycles. The molecular weight excluding hydrogens is 480 g/mol. The number of benzene rings is 3. The first kappa shape index (κ1) is 24.9. The summed E-state index contributed by atoms with van der Waals surface area (Å²) >= 11 is 0. The van der Waals surface area contributed by atoms with Gasteiger partial charge in [0.15, 0.2) is 5.82 Å². The molecule has 0 saturated heterocycles. The number of hydrogen-bond donors (Lipinski definition) is 2. The van der Waals surface area contributed by atoms with Gasteiger partial charge in [0.25, 0.3) is 11.6 Å². The lowest BCUT2D eigenvalue weighted by molar-refractivity contribution is -0.385. The van der Waals surface area contributed by atoms with Gasteiger partial charge in [-0.15, -0.1) is 5.10 Å². The second-order valence-corrected chi connectivity index (χ2v) is 10.2. The van der Waals surface area contributed by atoms with Crippen LogP contribution in [0.25, 0.3) is 11.4 Å². The average molecular weight is 509 g/mol. The minimum Gasteiger partial charge on any atom is -0.328 e. The van der Waals surface area contributed by atoms with Crippen LogP contribution in [0.5, 0.6) is 0 Å². The quantitative estimate of drug-likeness (QED) is 0.249. The third-order valence-corrected chi connectivity index (χ3v) is 6.57. The highest BCUT2D eigenvalue weighted by atomic mass is 16.6. The van der Waals surface area contributed by atoms with Crippen LogP contribution in [0.4, 0.5) is 17.3 Å². The van der Waals surface area contributed by atoms with Gasteiger partial charge in [0.05, 0.1) is 16.1 Å². The third kappa shape index (κ3) is 4.66. The summed E-state index contributed by atoms with van der Waals surface area (Å²) in [5, 5.41) is 22.8. The van der Waals surface area contributed by atoms with Crippen molar-refractivity contribution in [1.29, 1.82) is 0 Å². The van der Waals surface area contributed by atoms with Crippen molar-refractivity contribution in [1.82, 2.24) is 14.8 Å². The van der Waals surface area contributed by atoms with Crippen LogP contribution in [0, 0.1) is 10.1 Å². The lowest BCUT2D eigenvalue weighted by Gasteiger charge is -2.28. The van der Waals surface area contributed by atoms with Gasteiger partial charge in [-0.05, 0) is 36.1 Å². The summed E-state index contributed by atoms with van der Waals surface area (Å²) in [6, 6.07) is 22.6. The van der Waals surface area contributed by atoms with Crippen LogP contribution in [-0.4, -0.2) is 25.6 Å². The van der Waals surface area contributed by atoms with Crippen molar-refractivity contribution in [2.75, 3.05) is 10.6 Å². The van der Waals surface area contributed by atoms with E-state index in [0.29, 0.717) is 34.3 Å².